The van der Waals surface area contributed by atoms with Crippen LogP contribution in [0.25, 0.3) is 5.69 Å². The van der Waals surface area contributed by atoms with E-state index >= 15 is 0 Å². The number of aromatic nitrogens is 3. The van der Waals surface area contributed by atoms with E-state index in [4.69, 9.17) is 14.2 Å². The summed E-state index contributed by atoms with van der Waals surface area (Å²) in [5, 5.41) is 20.0. The number of thioether (sulfide) groups is 1. The molecule has 192 valence electrons. The van der Waals surface area contributed by atoms with Crippen molar-refractivity contribution in [2.45, 2.75) is 23.9 Å². The molecule has 1 aromatic heterocycles. The molecule has 0 amide bonds. The second-order valence-electron chi connectivity index (χ2n) is 8.01. The zero-order valence-corrected chi connectivity index (χ0v) is 21.3. The Morgan fingerprint density at radius 1 is 1.03 bits per heavy atom. The summed E-state index contributed by atoms with van der Waals surface area (Å²) in [4.78, 5) is 11.2. The van der Waals surface area contributed by atoms with Crippen molar-refractivity contribution in [3.05, 3.63) is 99.6 Å². The van der Waals surface area contributed by atoms with Crippen molar-refractivity contribution in [2.24, 2.45) is 0 Å². The number of methoxy groups -OCH3 is 2. The second-order valence-corrected chi connectivity index (χ2v) is 9.18. The Morgan fingerprint density at radius 3 is 2.49 bits per heavy atom. The Labute approximate surface area is 217 Å². The maximum atomic E-state index is 13.5. The number of benzene rings is 3. The Balaban J connectivity index is 1.60. The maximum Gasteiger partial charge on any atom is 0.220 e. The molecule has 1 heterocycles. The minimum absolute atomic E-state index is 0.144. The zero-order valence-electron chi connectivity index (χ0n) is 20.5. The van der Waals surface area contributed by atoms with E-state index in [1.807, 2.05) is 35.8 Å². The molecule has 0 N–H and O–H groups in total. The first-order chi connectivity index (χ1) is 17.9. The number of hydrogen-bond acceptors (Lipinski definition) is 8. The molecule has 0 radical (unpaired) electrons. The van der Waals surface area contributed by atoms with Crippen molar-refractivity contribution in [1.29, 1.82) is 0 Å². The van der Waals surface area contributed by atoms with Crippen LogP contribution in [-0.2, 0) is 6.61 Å². The predicted molar refractivity (Wildman–Crippen MR) is 137 cm³/mol. The van der Waals surface area contributed by atoms with Gasteiger partial charge in [0.1, 0.15) is 29.2 Å². The average Bonchev–Trinajstić information content (AvgIpc) is 3.26. The lowest BCUT2D eigenvalue weighted by Crippen LogP contribution is -2.11. The molecule has 0 spiro atoms. The van der Waals surface area contributed by atoms with Crippen LogP contribution in [0.15, 0.2) is 71.9 Å². The lowest BCUT2D eigenvalue weighted by atomic mass is 10.1. The van der Waals surface area contributed by atoms with Crippen molar-refractivity contribution in [3.63, 3.8) is 0 Å². The van der Waals surface area contributed by atoms with Crippen LogP contribution in [-0.4, -0.2) is 40.5 Å². The van der Waals surface area contributed by atoms with E-state index < -0.39 is 5.25 Å². The number of halogens is 1. The fourth-order valence-corrected chi connectivity index (χ4v) is 4.88. The van der Waals surface area contributed by atoms with Crippen LogP contribution in [0.3, 0.4) is 0 Å². The summed E-state index contributed by atoms with van der Waals surface area (Å²) in [6.45, 7) is 1.62. The molecule has 11 heteroatoms. The standard InChI is InChI=1S/C26H25FN4O5S/c1-17-28-29-26(31(17)21-8-10-22(34-2)11-9-21)37-25(15-30(32)33)19-7-12-23(24(14-19)35-3)36-16-18-5-4-6-20(27)13-18/h4-14,25H,15-16H2,1-3H3/t25-/m0/s1. The third kappa shape index (κ3) is 6.36. The highest BCUT2D eigenvalue weighted by atomic mass is 32.2. The third-order valence-electron chi connectivity index (χ3n) is 5.53. The topological polar surface area (TPSA) is 102 Å². The lowest BCUT2D eigenvalue weighted by molar-refractivity contribution is -0.479. The summed E-state index contributed by atoms with van der Waals surface area (Å²) in [6, 6.07) is 18.7. The number of rotatable bonds is 11. The van der Waals surface area contributed by atoms with E-state index in [9.17, 15) is 14.5 Å². The monoisotopic (exact) mass is 524 g/mol. The smallest absolute Gasteiger partial charge is 0.220 e. The summed E-state index contributed by atoms with van der Waals surface area (Å²) >= 11 is 1.24. The first-order valence-corrected chi connectivity index (χ1v) is 12.2. The van der Waals surface area contributed by atoms with Gasteiger partial charge >= 0.3 is 0 Å². The number of nitrogens with zero attached hydrogens (tertiary/aromatic N) is 4. The average molecular weight is 525 g/mol. The quantitative estimate of drug-likeness (QED) is 0.146. The molecule has 0 fully saturated rings. The van der Waals surface area contributed by atoms with Crippen molar-refractivity contribution >= 4 is 11.8 Å². The van der Waals surface area contributed by atoms with E-state index in [1.54, 1.807) is 37.4 Å². The molecule has 37 heavy (non-hydrogen) atoms. The summed E-state index contributed by atoms with van der Waals surface area (Å²) in [7, 11) is 3.09. The Kier molecular flexibility index (Phi) is 8.24. The van der Waals surface area contributed by atoms with Crippen LogP contribution < -0.4 is 14.2 Å². The fourth-order valence-electron chi connectivity index (χ4n) is 3.71. The molecule has 3 aromatic carbocycles. The van der Waals surface area contributed by atoms with Crippen LogP contribution in [0.4, 0.5) is 4.39 Å². The Hall–Kier alpha value is -4.12. The SMILES string of the molecule is COc1ccc(-n2c(C)nnc2S[C@@H](C[N+](=O)[O-])c2ccc(OCc3cccc(F)c3)c(OC)c2)cc1. The van der Waals surface area contributed by atoms with Gasteiger partial charge in [0.15, 0.2) is 16.7 Å². The van der Waals surface area contributed by atoms with Gasteiger partial charge in [-0.15, -0.1) is 10.2 Å². The summed E-state index contributed by atoms with van der Waals surface area (Å²) < 4.78 is 31.9. The van der Waals surface area contributed by atoms with Gasteiger partial charge in [-0.25, -0.2) is 4.39 Å². The number of hydrogen-bond donors (Lipinski definition) is 0. The highest BCUT2D eigenvalue weighted by molar-refractivity contribution is 7.99. The minimum atomic E-state index is -0.582. The first-order valence-electron chi connectivity index (χ1n) is 11.3. The van der Waals surface area contributed by atoms with E-state index in [-0.39, 0.29) is 23.9 Å². The van der Waals surface area contributed by atoms with Crippen LogP contribution in [0.2, 0.25) is 0 Å². The molecule has 0 saturated carbocycles. The van der Waals surface area contributed by atoms with Crippen molar-refractivity contribution < 1.29 is 23.5 Å². The van der Waals surface area contributed by atoms with Crippen molar-refractivity contribution in [3.8, 4) is 22.9 Å². The van der Waals surface area contributed by atoms with Crippen molar-refractivity contribution in [2.75, 3.05) is 20.8 Å². The summed E-state index contributed by atoms with van der Waals surface area (Å²) in [5.41, 5.74) is 2.14. The Bertz CT molecular complexity index is 1380. The molecule has 0 aliphatic carbocycles. The van der Waals surface area contributed by atoms with E-state index in [2.05, 4.69) is 10.2 Å². The van der Waals surface area contributed by atoms with Crippen LogP contribution >= 0.6 is 11.8 Å². The van der Waals surface area contributed by atoms with Crippen LogP contribution in [0, 0.1) is 22.9 Å². The summed E-state index contributed by atoms with van der Waals surface area (Å²) in [6.07, 6.45) is 0. The molecule has 1 atom stereocenters. The highest BCUT2D eigenvalue weighted by Crippen LogP contribution is 2.39. The molecule has 0 aliphatic rings. The van der Waals surface area contributed by atoms with Gasteiger partial charge in [0.2, 0.25) is 6.54 Å². The fraction of sp³-hybridized carbons (Fsp3) is 0.231. The van der Waals surface area contributed by atoms with Crippen LogP contribution in [0.5, 0.6) is 17.2 Å². The molecule has 4 aromatic rings. The van der Waals surface area contributed by atoms with Gasteiger partial charge in [-0.05, 0) is 66.6 Å². The molecule has 0 bridgehead atoms. The van der Waals surface area contributed by atoms with Gasteiger partial charge in [-0.2, -0.15) is 0 Å². The molecule has 0 unspecified atom stereocenters. The first kappa shape index (κ1) is 26.0. The molecular formula is C26H25FN4O5S. The third-order valence-corrected chi connectivity index (χ3v) is 6.71. The molecule has 9 nitrogen and oxygen atoms in total. The van der Waals surface area contributed by atoms with Crippen LogP contribution in [0.1, 0.15) is 22.2 Å². The normalized spacial score (nSPS) is 11.7. The van der Waals surface area contributed by atoms with Crippen molar-refractivity contribution in [1.82, 2.24) is 14.8 Å². The minimum Gasteiger partial charge on any atom is -0.497 e. The Morgan fingerprint density at radius 2 is 1.81 bits per heavy atom. The molecule has 4 rings (SSSR count). The molecule has 0 aliphatic heterocycles. The zero-order chi connectivity index (χ0) is 26.4. The second kappa shape index (κ2) is 11.7. The number of ether oxygens (including phenoxy) is 3. The van der Waals surface area contributed by atoms with Gasteiger partial charge in [0.05, 0.1) is 14.2 Å². The van der Waals surface area contributed by atoms with Gasteiger partial charge in [0, 0.05) is 10.6 Å². The van der Waals surface area contributed by atoms with E-state index in [1.165, 1.54) is 31.0 Å². The van der Waals surface area contributed by atoms with E-state index in [0.29, 0.717) is 39.4 Å². The highest BCUT2D eigenvalue weighted by Gasteiger charge is 2.25. The van der Waals surface area contributed by atoms with Gasteiger partial charge in [0.25, 0.3) is 0 Å². The number of nitro groups is 1. The predicted octanol–water partition coefficient (Wildman–Crippen LogP) is 5.42. The van der Waals surface area contributed by atoms with Gasteiger partial charge in [-0.3, -0.25) is 14.7 Å². The largest absolute Gasteiger partial charge is 0.497 e. The summed E-state index contributed by atoms with van der Waals surface area (Å²) in [5.74, 6) is 1.86. The number of aryl methyl sites for hydroxylation is 1. The maximum absolute atomic E-state index is 13.5. The lowest BCUT2D eigenvalue weighted by Gasteiger charge is -2.17. The van der Waals surface area contributed by atoms with E-state index in [0.717, 1.165) is 5.69 Å². The van der Waals surface area contributed by atoms with Gasteiger partial charge < -0.3 is 14.2 Å². The molecular weight excluding hydrogens is 499 g/mol. The molecule has 0 saturated heterocycles. The van der Waals surface area contributed by atoms with Gasteiger partial charge in [-0.1, -0.05) is 30.0 Å².